The first kappa shape index (κ1) is 7.93. The van der Waals surface area contributed by atoms with E-state index in [1.54, 1.807) is 0 Å². The lowest BCUT2D eigenvalue weighted by Crippen LogP contribution is -2.34. The fourth-order valence-electron chi connectivity index (χ4n) is 2.57. The highest BCUT2D eigenvalue weighted by Crippen LogP contribution is 2.54. The summed E-state index contributed by atoms with van der Waals surface area (Å²) in [4.78, 5) is 2.49. The van der Waals surface area contributed by atoms with Crippen LogP contribution in [0.25, 0.3) is 0 Å². The van der Waals surface area contributed by atoms with E-state index in [4.69, 9.17) is 0 Å². The number of thioether (sulfide) groups is 1. The molecule has 2 atom stereocenters. The van der Waals surface area contributed by atoms with Crippen molar-refractivity contribution < 1.29 is 0 Å². The molecule has 11 heavy (non-hydrogen) atoms. The molecule has 2 rings (SSSR count). The van der Waals surface area contributed by atoms with E-state index in [9.17, 15) is 0 Å². The van der Waals surface area contributed by atoms with Crippen LogP contribution in [-0.2, 0) is 0 Å². The van der Waals surface area contributed by atoms with Crippen molar-refractivity contribution in [2.24, 2.45) is 10.8 Å². The fraction of sp³-hybridized carbons (Fsp3) is 1.00. The Hall–Kier alpha value is 0.310. The molecule has 0 radical (unpaired) electrons. The number of fused-ring (bicyclic) bond motifs is 1. The molecular weight excluding hydrogens is 154 g/mol. The maximum atomic E-state index is 2.49. The second-order valence-corrected chi connectivity index (χ2v) is 5.77. The van der Waals surface area contributed by atoms with Gasteiger partial charge in [-0.3, -0.25) is 0 Å². The number of hydrogen-bond donors (Lipinski definition) is 0. The normalized spacial score (nSPS) is 51.5. The molecule has 2 aliphatic heterocycles. The van der Waals surface area contributed by atoms with Crippen LogP contribution >= 0.6 is 11.8 Å². The molecule has 0 aliphatic carbocycles. The average Bonchev–Trinajstić information content (AvgIpc) is 2.16. The molecule has 0 amide bonds. The number of hydrogen-bond acceptors (Lipinski definition) is 2. The summed E-state index contributed by atoms with van der Waals surface area (Å²) in [5.74, 6) is 2.74. The largest absolute Gasteiger partial charge is 0.305 e. The number of rotatable bonds is 0. The minimum atomic E-state index is 0.604. The lowest BCUT2D eigenvalue weighted by molar-refractivity contribution is 0.212. The van der Waals surface area contributed by atoms with Crippen LogP contribution in [-0.4, -0.2) is 36.5 Å². The second kappa shape index (κ2) is 2.17. The van der Waals surface area contributed by atoms with E-state index in [1.807, 2.05) is 0 Å². The van der Waals surface area contributed by atoms with E-state index >= 15 is 0 Å². The zero-order valence-electron chi connectivity index (χ0n) is 7.68. The van der Waals surface area contributed by atoms with Crippen LogP contribution in [0.2, 0.25) is 0 Å². The number of likely N-dealkylation sites (tertiary alicyclic amines) is 1. The third kappa shape index (κ3) is 0.955. The Bertz CT molecular complexity index is 164. The van der Waals surface area contributed by atoms with Crippen LogP contribution in [0, 0.1) is 10.8 Å². The summed E-state index contributed by atoms with van der Waals surface area (Å²) in [5.41, 5.74) is 1.21. The Labute approximate surface area is 73.5 Å². The first-order valence-electron chi connectivity index (χ1n) is 4.32. The minimum absolute atomic E-state index is 0.604. The van der Waals surface area contributed by atoms with Gasteiger partial charge in [-0.15, -0.1) is 0 Å². The molecule has 2 unspecified atom stereocenters. The highest BCUT2D eigenvalue weighted by molar-refractivity contribution is 7.99. The molecule has 0 aromatic rings. The van der Waals surface area contributed by atoms with E-state index in [0.29, 0.717) is 10.8 Å². The molecule has 2 saturated heterocycles. The quantitative estimate of drug-likeness (QED) is 0.545. The maximum Gasteiger partial charge on any atom is 0.00464 e. The predicted molar refractivity (Wildman–Crippen MR) is 51.0 cm³/mol. The van der Waals surface area contributed by atoms with E-state index < -0.39 is 0 Å². The average molecular weight is 171 g/mol. The highest BCUT2D eigenvalue weighted by atomic mass is 32.2. The zero-order chi connectivity index (χ0) is 8.11. The van der Waals surface area contributed by atoms with Gasteiger partial charge < -0.3 is 4.90 Å². The van der Waals surface area contributed by atoms with Crippen LogP contribution in [0.4, 0.5) is 0 Å². The van der Waals surface area contributed by atoms with Gasteiger partial charge in [0, 0.05) is 24.6 Å². The van der Waals surface area contributed by atoms with Gasteiger partial charge in [-0.05, 0) is 17.9 Å². The Balaban J connectivity index is 2.28. The minimum Gasteiger partial charge on any atom is -0.305 e. The monoisotopic (exact) mass is 171 g/mol. The molecule has 2 fully saturated rings. The Kier molecular flexibility index (Phi) is 1.56. The van der Waals surface area contributed by atoms with Crippen molar-refractivity contribution in [1.82, 2.24) is 4.90 Å². The van der Waals surface area contributed by atoms with Crippen molar-refractivity contribution >= 4 is 11.8 Å². The molecule has 0 spiro atoms. The highest BCUT2D eigenvalue weighted by Gasteiger charge is 2.54. The Morgan fingerprint density at radius 2 is 1.55 bits per heavy atom. The molecule has 64 valence electrons. The lowest BCUT2D eigenvalue weighted by atomic mass is 9.71. The summed E-state index contributed by atoms with van der Waals surface area (Å²) >= 11 is 2.14. The predicted octanol–water partition coefficient (Wildman–Crippen LogP) is 1.69. The van der Waals surface area contributed by atoms with Gasteiger partial charge in [-0.1, -0.05) is 13.8 Å². The van der Waals surface area contributed by atoms with Gasteiger partial charge in [-0.2, -0.15) is 11.8 Å². The standard InChI is InChI=1S/C9H17NS/c1-8-4-10(3)5-9(8,2)7-11-6-8/h4-7H2,1-3H3. The first-order chi connectivity index (χ1) is 5.06. The summed E-state index contributed by atoms with van der Waals surface area (Å²) in [7, 11) is 2.25. The molecular formula is C9H17NS. The van der Waals surface area contributed by atoms with Crippen molar-refractivity contribution in [1.29, 1.82) is 0 Å². The van der Waals surface area contributed by atoms with Crippen molar-refractivity contribution in [3.05, 3.63) is 0 Å². The summed E-state index contributed by atoms with van der Waals surface area (Å²) in [6, 6.07) is 0. The van der Waals surface area contributed by atoms with Gasteiger partial charge in [0.25, 0.3) is 0 Å². The molecule has 0 saturated carbocycles. The van der Waals surface area contributed by atoms with Crippen molar-refractivity contribution in [2.45, 2.75) is 13.8 Å². The van der Waals surface area contributed by atoms with Gasteiger partial charge in [0.2, 0.25) is 0 Å². The molecule has 0 bridgehead atoms. The van der Waals surface area contributed by atoms with Gasteiger partial charge in [-0.25, -0.2) is 0 Å². The zero-order valence-corrected chi connectivity index (χ0v) is 8.50. The first-order valence-corrected chi connectivity index (χ1v) is 5.48. The second-order valence-electron chi connectivity index (χ2n) is 4.79. The molecule has 2 aliphatic rings. The van der Waals surface area contributed by atoms with Crippen LogP contribution in [0.3, 0.4) is 0 Å². The van der Waals surface area contributed by atoms with Gasteiger partial charge in [0.15, 0.2) is 0 Å². The van der Waals surface area contributed by atoms with Gasteiger partial charge >= 0.3 is 0 Å². The summed E-state index contributed by atoms with van der Waals surface area (Å²) < 4.78 is 0. The van der Waals surface area contributed by atoms with Gasteiger partial charge in [0.05, 0.1) is 0 Å². The molecule has 2 heterocycles. The van der Waals surface area contributed by atoms with Gasteiger partial charge in [0.1, 0.15) is 0 Å². The molecule has 1 nitrogen and oxygen atoms in total. The molecule has 0 aromatic carbocycles. The van der Waals surface area contributed by atoms with E-state index in [2.05, 4.69) is 37.6 Å². The topological polar surface area (TPSA) is 3.24 Å². The summed E-state index contributed by atoms with van der Waals surface area (Å²) in [6.45, 7) is 7.51. The fourth-order valence-corrected chi connectivity index (χ4v) is 4.45. The Morgan fingerprint density at radius 3 is 2.00 bits per heavy atom. The SMILES string of the molecule is CN1CC2(C)CSCC2(C)C1. The Morgan fingerprint density at radius 1 is 1.09 bits per heavy atom. The molecule has 2 heteroatoms. The van der Waals surface area contributed by atoms with Crippen LogP contribution in [0.5, 0.6) is 0 Å². The molecule has 0 N–H and O–H groups in total. The van der Waals surface area contributed by atoms with Crippen LogP contribution < -0.4 is 0 Å². The van der Waals surface area contributed by atoms with Crippen molar-refractivity contribution in [3.63, 3.8) is 0 Å². The summed E-state index contributed by atoms with van der Waals surface area (Å²) in [6.07, 6.45) is 0. The van der Waals surface area contributed by atoms with E-state index in [0.717, 1.165) is 0 Å². The van der Waals surface area contributed by atoms with Crippen molar-refractivity contribution in [2.75, 3.05) is 31.6 Å². The van der Waals surface area contributed by atoms with E-state index in [1.165, 1.54) is 24.6 Å². The van der Waals surface area contributed by atoms with Crippen LogP contribution in [0.1, 0.15) is 13.8 Å². The molecule has 0 aromatic heterocycles. The van der Waals surface area contributed by atoms with Crippen LogP contribution in [0.15, 0.2) is 0 Å². The van der Waals surface area contributed by atoms with E-state index in [-0.39, 0.29) is 0 Å². The summed E-state index contributed by atoms with van der Waals surface area (Å²) in [5, 5.41) is 0. The third-order valence-electron chi connectivity index (χ3n) is 3.54. The smallest absolute Gasteiger partial charge is 0.00464 e. The number of nitrogens with zero attached hydrogens (tertiary/aromatic N) is 1. The van der Waals surface area contributed by atoms with Crippen molar-refractivity contribution in [3.8, 4) is 0 Å². The lowest BCUT2D eigenvalue weighted by Gasteiger charge is -2.31. The third-order valence-corrected chi connectivity index (χ3v) is 5.22. The maximum absolute atomic E-state index is 2.49.